The number of benzene rings is 1. The van der Waals surface area contributed by atoms with Gasteiger partial charge in [0.25, 0.3) is 0 Å². The molecule has 0 radical (unpaired) electrons. The number of aromatic nitrogens is 1. The number of hydrogen-bond donors (Lipinski definition) is 1. The third kappa shape index (κ3) is 3.68. The molecule has 0 atom stereocenters. The normalized spacial score (nSPS) is 14.1. The fourth-order valence-electron chi connectivity index (χ4n) is 2.52. The smallest absolute Gasteiger partial charge is 0.325 e. The van der Waals surface area contributed by atoms with Crippen LogP contribution in [0.25, 0.3) is 0 Å². The van der Waals surface area contributed by atoms with Crippen molar-refractivity contribution in [3.8, 4) is 0 Å². The van der Waals surface area contributed by atoms with Crippen LogP contribution in [0.2, 0.25) is 0 Å². The van der Waals surface area contributed by atoms with Gasteiger partial charge in [-0.2, -0.15) is 0 Å². The average Bonchev–Trinajstić information content (AvgIpc) is 2.95. The molecule has 2 heterocycles. The quantitative estimate of drug-likeness (QED) is 0.910. The summed E-state index contributed by atoms with van der Waals surface area (Å²) in [4.78, 5) is 31.4. The van der Waals surface area contributed by atoms with Crippen molar-refractivity contribution in [3.63, 3.8) is 0 Å². The second kappa shape index (κ2) is 7.08. The molecule has 2 aromatic rings. The first-order valence-electron chi connectivity index (χ1n) is 7.61. The van der Waals surface area contributed by atoms with Gasteiger partial charge in [0, 0.05) is 37.7 Å². The lowest BCUT2D eigenvalue weighted by Crippen LogP contribution is -2.39. The summed E-state index contributed by atoms with van der Waals surface area (Å²) in [5.41, 5.74) is 1.52. The van der Waals surface area contributed by atoms with Crippen LogP contribution in [0.5, 0.6) is 0 Å². The number of urea groups is 1. The van der Waals surface area contributed by atoms with Crippen LogP contribution in [0.3, 0.4) is 0 Å². The first kappa shape index (κ1) is 15.9. The van der Waals surface area contributed by atoms with Crippen LogP contribution in [0.15, 0.2) is 48.8 Å². The fourth-order valence-corrected chi connectivity index (χ4v) is 2.52. The van der Waals surface area contributed by atoms with E-state index >= 15 is 0 Å². The maximum atomic E-state index is 13.0. The van der Waals surface area contributed by atoms with Crippen LogP contribution >= 0.6 is 0 Å². The van der Waals surface area contributed by atoms with Crippen molar-refractivity contribution in [1.29, 1.82) is 0 Å². The van der Waals surface area contributed by atoms with E-state index in [4.69, 9.17) is 0 Å². The van der Waals surface area contributed by atoms with Crippen molar-refractivity contribution in [2.75, 3.05) is 24.5 Å². The summed E-state index contributed by atoms with van der Waals surface area (Å²) < 4.78 is 13.0. The molecule has 1 aliphatic rings. The zero-order valence-corrected chi connectivity index (χ0v) is 13.0. The molecule has 124 valence electrons. The molecule has 1 aliphatic heterocycles. The fraction of sp³-hybridized carbons (Fsp3) is 0.235. The summed E-state index contributed by atoms with van der Waals surface area (Å²) >= 11 is 0. The van der Waals surface area contributed by atoms with Gasteiger partial charge in [0.05, 0.1) is 0 Å². The molecule has 3 rings (SSSR count). The Morgan fingerprint density at radius 3 is 2.71 bits per heavy atom. The predicted octanol–water partition coefficient (Wildman–Crippen LogP) is 1.78. The highest BCUT2D eigenvalue weighted by Crippen LogP contribution is 2.20. The van der Waals surface area contributed by atoms with Crippen LogP contribution in [0.1, 0.15) is 5.56 Å². The number of nitrogens with one attached hydrogen (secondary N) is 1. The largest absolute Gasteiger partial charge is 0.350 e. The zero-order chi connectivity index (χ0) is 16.9. The molecule has 1 fully saturated rings. The van der Waals surface area contributed by atoms with Gasteiger partial charge in [-0.3, -0.25) is 14.7 Å². The molecule has 1 aromatic carbocycles. The summed E-state index contributed by atoms with van der Waals surface area (Å²) in [7, 11) is 0. The number of carbonyl (C=O) groups is 2. The molecule has 6 nitrogen and oxygen atoms in total. The molecule has 1 N–H and O–H groups in total. The van der Waals surface area contributed by atoms with Gasteiger partial charge in [0.1, 0.15) is 12.4 Å². The summed E-state index contributed by atoms with van der Waals surface area (Å²) in [6.45, 7) is 1.30. The van der Waals surface area contributed by atoms with E-state index < -0.39 is 0 Å². The van der Waals surface area contributed by atoms with E-state index in [1.54, 1.807) is 30.6 Å². The number of amides is 3. The lowest BCUT2D eigenvalue weighted by atomic mass is 10.3. The van der Waals surface area contributed by atoms with Crippen molar-refractivity contribution in [2.45, 2.75) is 6.54 Å². The number of pyridine rings is 1. The highest BCUT2D eigenvalue weighted by molar-refractivity contribution is 5.96. The molecule has 1 saturated heterocycles. The maximum absolute atomic E-state index is 13.0. The van der Waals surface area contributed by atoms with Crippen LogP contribution in [0, 0.1) is 5.82 Å². The molecule has 0 bridgehead atoms. The lowest BCUT2D eigenvalue weighted by Gasteiger charge is -2.18. The van der Waals surface area contributed by atoms with Gasteiger partial charge in [-0.25, -0.2) is 9.18 Å². The summed E-state index contributed by atoms with van der Waals surface area (Å²) in [5.74, 6) is -0.579. The van der Waals surface area contributed by atoms with Gasteiger partial charge in [-0.1, -0.05) is 6.07 Å². The number of anilines is 1. The van der Waals surface area contributed by atoms with E-state index in [1.807, 2.05) is 6.07 Å². The van der Waals surface area contributed by atoms with Crippen LogP contribution in [0.4, 0.5) is 14.9 Å². The number of nitrogens with zero attached hydrogens (tertiary/aromatic N) is 3. The van der Waals surface area contributed by atoms with Crippen molar-refractivity contribution in [2.24, 2.45) is 0 Å². The van der Waals surface area contributed by atoms with Gasteiger partial charge in [0.15, 0.2) is 0 Å². The Morgan fingerprint density at radius 1 is 1.21 bits per heavy atom. The van der Waals surface area contributed by atoms with Gasteiger partial charge in [-0.05, 0) is 35.9 Å². The number of halogens is 1. The Bertz CT molecular complexity index is 721. The van der Waals surface area contributed by atoms with Crippen molar-refractivity contribution in [1.82, 2.24) is 15.2 Å². The Hall–Kier alpha value is -2.96. The first-order chi connectivity index (χ1) is 11.6. The maximum Gasteiger partial charge on any atom is 0.325 e. The second-order valence-corrected chi connectivity index (χ2v) is 5.47. The van der Waals surface area contributed by atoms with E-state index in [-0.39, 0.29) is 24.3 Å². The number of rotatable bonds is 5. The second-order valence-electron chi connectivity index (χ2n) is 5.47. The molecule has 3 amide bonds. The molecule has 24 heavy (non-hydrogen) atoms. The molecule has 0 spiro atoms. The van der Waals surface area contributed by atoms with E-state index in [0.717, 1.165) is 5.56 Å². The lowest BCUT2D eigenvalue weighted by molar-refractivity contribution is -0.121. The number of carbonyl (C=O) groups excluding carboxylic acids is 2. The van der Waals surface area contributed by atoms with Gasteiger partial charge >= 0.3 is 6.03 Å². The van der Waals surface area contributed by atoms with Crippen LogP contribution < -0.4 is 10.2 Å². The minimum atomic E-state index is -0.350. The van der Waals surface area contributed by atoms with Crippen molar-refractivity contribution >= 4 is 17.6 Å². The summed E-state index contributed by atoms with van der Waals surface area (Å²) in [5, 5.41) is 2.77. The van der Waals surface area contributed by atoms with Crippen LogP contribution in [-0.2, 0) is 11.3 Å². The SMILES string of the molecule is O=C(CN1CCN(c2ccc(F)cc2)C1=O)NCc1cccnc1. The predicted molar refractivity (Wildman–Crippen MR) is 86.8 cm³/mol. The van der Waals surface area contributed by atoms with Crippen LogP contribution in [-0.4, -0.2) is 41.5 Å². The molecule has 0 aliphatic carbocycles. The van der Waals surface area contributed by atoms with E-state index in [0.29, 0.717) is 25.3 Å². The minimum Gasteiger partial charge on any atom is -0.350 e. The van der Waals surface area contributed by atoms with Gasteiger partial charge in [0.2, 0.25) is 5.91 Å². The highest BCUT2D eigenvalue weighted by atomic mass is 19.1. The highest BCUT2D eigenvalue weighted by Gasteiger charge is 2.30. The van der Waals surface area contributed by atoms with Crippen molar-refractivity contribution in [3.05, 3.63) is 60.2 Å². The Balaban J connectivity index is 1.53. The average molecular weight is 328 g/mol. The third-order valence-electron chi connectivity index (χ3n) is 3.78. The molecule has 1 aromatic heterocycles. The monoisotopic (exact) mass is 328 g/mol. The van der Waals surface area contributed by atoms with Crippen molar-refractivity contribution < 1.29 is 14.0 Å². The topological polar surface area (TPSA) is 65.5 Å². The van der Waals surface area contributed by atoms with E-state index in [9.17, 15) is 14.0 Å². The Kier molecular flexibility index (Phi) is 4.69. The Labute approximate surface area is 138 Å². The minimum absolute atomic E-state index is 0.00318. The summed E-state index contributed by atoms with van der Waals surface area (Å²) in [6.07, 6.45) is 3.34. The molecule has 0 unspecified atom stereocenters. The molecule has 0 saturated carbocycles. The first-order valence-corrected chi connectivity index (χ1v) is 7.61. The molecular formula is C17H17FN4O2. The molecule has 7 heteroatoms. The molecular weight excluding hydrogens is 311 g/mol. The zero-order valence-electron chi connectivity index (χ0n) is 13.0. The standard InChI is InChI=1S/C17H17FN4O2/c18-14-3-5-15(6-4-14)22-9-8-21(17(22)24)12-16(23)20-11-13-2-1-7-19-10-13/h1-7,10H,8-9,11-12H2,(H,20,23). The summed E-state index contributed by atoms with van der Waals surface area (Å²) in [6, 6.07) is 9.14. The van der Waals surface area contributed by atoms with E-state index in [1.165, 1.54) is 21.9 Å². The van der Waals surface area contributed by atoms with Gasteiger partial charge < -0.3 is 10.2 Å². The number of hydrogen-bond acceptors (Lipinski definition) is 3. The Morgan fingerprint density at radius 2 is 2.00 bits per heavy atom. The third-order valence-corrected chi connectivity index (χ3v) is 3.78. The van der Waals surface area contributed by atoms with E-state index in [2.05, 4.69) is 10.3 Å². The van der Waals surface area contributed by atoms with Gasteiger partial charge in [-0.15, -0.1) is 0 Å².